The Bertz CT molecular complexity index is 371. The first-order valence-corrected chi connectivity index (χ1v) is 7.63. The molecule has 0 aromatic heterocycles. The molecule has 0 radical (unpaired) electrons. The van der Waals surface area contributed by atoms with Gasteiger partial charge in [-0.1, -0.05) is 12.1 Å². The smallest absolute Gasteiger partial charge is 0.119 e. The predicted octanol–water partition coefficient (Wildman–Crippen LogP) is 3.01. The molecule has 1 aromatic carbocycles. The molecule has 0 amide bonds. The van der Waals surface area contributed by atoms with E-state index in [1.54, 1.807) is 0 Å². The van der Waals surface area contributed by atoms with Crippen LogP contribution in [0.1, 0.15) is 33.3 Å². The van der Waals surface area contributed by atoms with Crippen molar-refractivity contribution in [1.29, 1.82) is 0 Å². The van der Waals surface area contributed by atoms with Gasteiger partial charge in [-0.15, -0.1) is 0 Å². The minimum atomic E-state index is 0.133. The third-order valence-electron chi connectivity index (χ3n) is 2.82. The fourth-order valence-corrected chi connectivity index (χ4v) is 1.65. The van der Waals surface area contributed by atoms with E-state index in [1.165, 1.54) is 5.56 Å². The van der Waals surface area contributed by atoms with Crippen molar-refractivity contribution in [3.63, 3.8) is 0 Å². The normalized spacial score (nSPS) is 11.6. The minimum Gasteiger partial charge on any atom is -0.491 e. The molecule has 0 atom stereocenters. The summed E-state index contributed by atoms with van der Waals surface area (Å²) in [6.45, 7) is 12.5. The lowest BCUT2D eigenvalue weighted by atomic mass is 10.1. The molecule has 0 aliphatic rings. The summed E-state index contributed by atoms with van der Waals surface area (Å²) in [5.74, 6) is 0.878. The summed E-state index contributed by atoms with van der Waals surface area (Å²) >= 11 is 0. The van der Waals surface area contributed by atoms with Crippen LogP contribution < -0.4 is 10.1 Å². The van der Waals surface area contributed by atoms with Crippen molar-refractivity contribution in [2.45, 2.75) is 39.8 Å². The van der Waals surface area contributed by atoms with E-state index in [0.717, 1.165) is 18.9 Å². The van der Waals surface area contributed by atoms with Gasteiger partial charge in [-0.2, -0.15) is 0 Å². The maximum atomic E-state index is 5.63. The Hall–Kier alpha value is -1.10. The van der Waals surface area contributed by atoms with Gasteiger partial charge < -0.3 is 19.5 Å². The second-order valence-corrected chi connectivity index (χ2v) is 5.91. The fourth-order valence-electron chi connectivity index (χ4n) is 1.65. The van der Waals surface area contributed by atoms with Crippen LogP contribution in [-0.2, 0) is 16.0 Å². The van der Waals surface area contributed by atoms with E-state index in [0.29, 0.717) is 26.4 Å². The molecule has 0 aliphatic carbocycles. The molecule has 0 heterocycles. The Labute approximate surface area is 128 Å². The zero-order valence-corrected chi connectivity index (χ0v) is 13.8. The van der Waals surface area contributed by atoms with Crippen LogP contribution in [0.5, 0.6) is 5.75 Å². The first kappa shape index (κ1) is 18.0. The lowest BCUT2D eigenvalue weighted by Crippen LogP contribution is -2.35. The van der Waals surface area contributed by atoms with Crippen LogP contribution in [0.2, 0.25) is 0 Å². The topological polar surface area (TPSA) is 39.7 Å². The van der Waals surface area contributed by atoms with E-state index in [2.05, 4.69) is 38.2 Å². The van der Waals surface area contributed by atoms with Crippen LogP contribution >= 0.6 is 0 Å². The molecule has 0 aliphatic heterocycles. The molecule has 0 unspecified atom stereocenters. The Morgan fingerprint density at radius 1 is 0.905 bits per heavy atom. The maximum Gasteiger partial charge on any atom is 0.119 e. The summed E-state index contributed by atoms with van der Waals surface area (Å²) in [7, 11) is 0. The minimum absolute atomic E-state index is 0.133. The van der Waals surface area contributed by atoms with Gasteiger partial charge in [-0.3, -0.25) is 0 Å². The van der Waals surface area contributed by atoms with E-state index >= 15 is 0 Å². The summed E-state index contributed by atoms with van der Waals surface area (Å²) in [5, 5.41) is 3.46. The van der Waals surface area contributed by atoms with Crippen molar-refractivity contribution in [3.05, 3.63) is 29.8 Å². The third-order valence-corrected chi connectivity index (χ3v) is 2.82. The van der Waals surface area contributed by atoms with Gasteiger partial charge in [-0.05, 0) is 45.4 Å². The zero-order valence-electron chi connectivity index (χ0n) is 13.8. The summed E-state index contributed by atoms with van der Waals surface area (Å²) in [6, 6.07) is 8.17. The molecular formula is C17H29NO3. The molecule has 1 rings (SSSR count). The lowest BCUT2D eigenvalue weighted by Gasteiger charge is -2.20. The zero-order chi connectivity index (χ0) is 15.6. The van der Waals surface area contributed by atoms with Gasteiger partial charge in [0.15, 0.2) is 0 Å². The summed E-state index contributed by atoms with van der Waals surface area (Å²) in [4.78, 5) is 0. The van der Waals surface area contributed by atoms with Crippen molar-refractivity contribution in [3.8, 4) is 5.75 Å². The Morgan fingerprint density at radius 2 is 1.52 bits per heavy atom. The highest BCUT2D eigenvalue weighted by Crippen LogP contribution is 2.13. The molecule has 0 bridgehead atoms. The van der Waals surface area contributed by atoms with Gasteiger partial charge in [0, 0.05) is 18.7 Å². The highest BCUT2D eigenvalue weighted by Gasteiger charge is 2.08. The molecule has 4 nitrogen and oxygen atoms in total. The molecule has 4 heteroatoms. The Kier molecular flexibility index (Phi) is 8.35. The third kappa shape index (κ3) is 9.45. The predicted molar refractivity (Wildman–Crippen MR) is 85.8 cm³/mol. The van der Waals surface area contributed by atoms with E-state index in [-0.39, 0.29) is 5.54 Å². The Balaban J connectivity index is 2.16. The van der Waals surface area contributed by atoms with E-state index in [4.69, 9.17) is 14.2 Å². The standard InChI is InChI=1S/C17H29NO3/c1-5-19-10-11-20-12-13-21-16-8-6-15(7-9-16)14-18-17(2,3)4/h6-9,18H,5,10-14H2,1-4H3. The SMILES string of the molecule is CCOCCOCCOc1ccc(CNC(C)(C)C)cc1. The molecule has 1 aromatic rings. The van der Waals surface area contributed by atoms with Crippen LogP contribution in [-0.4, -0.2) is 38.6 Å². The van der Waals surface area contributed by atoms with E-state index in [9.17, 15) is 0 Å². The Morgan fingerprint density at radius 3 is 2.14 bits per heavy atom. The first-order valence-electron chi connectivity index (χ1n) is 7.63. The lowest BCUT2D eigenvalue weighted by molar-refractivity contribution is 0.0405. The second-order valence-electron chi connectivity index (χ2n) is 5.91. The molecular weight excluding hydrogens is 266 g/mol. The number of hydrogen-bond acceptors (Lipinski definition) is 4. The average molecular weight is 295 g/mol. The second kappa shape index (κ2) is 9.77. The number of ether oxygens (including phenoxy) is 3. The number of nitrogens with one attached hydrogen (secondary N) is 1. The van der Waals surface area contributed by atoms with Crippen molar-refractivity contribution < 1.29 is 14.2 Å². The molecule has 1 N–H and O–H groups in total. The quantitative estimate of drug-likeness (QED) is 0.674. The largest absolute Gasteiger partial charge is 0.491 e. The number of rotatable bonds is 10. The van der Waals surface area contributed by atoms with Crippen LogP contribution in [0.25, 0.3) is 0 Å². The molecule has 0 saturated carbocycles. The van der Waals surface area contributed by atoms with E-state index in [1.807, 2.05) is 19.1 Å². The van der Waals surface area contributed by atoms with Crippen molar-refractivity contribution in [2.24, 2.45) is 0 Å². The molecule has 0 spiro atoms. The summed E-state index contributed by atoms with van der Waals surface area (Å²) < 4.78 is 16.2. The monoisotopic (exact) mass is 295 g/mol. The van der Waals surface area contributed by atoms with Gasteiger partial charge in [-0.25, -0.2) is 0 Å². The number of hydrogen-bond donors (Lipinski definition) is 1. The van der Waals surface area contributed by atoms with Crippen LogP contribution in [0.3, 0.4) is 0 Å². The van der Waals surface area contributed by atoms with Gasteiger partial charge in [0.25, 0.3) is 0 Å². The summed E-state index contributed by atoms with van der Waals surface area (Å²) in [6.07, 6.45) is 0. The average Bonchev–Trinajstić information content (AvgIpc) is 2.44. The number of benzene rings is 1. The van der Waals surface area contributed by atoms with Crippen LogP contribution in [0, 0.1) is 0 Å². The van der Waals surface area contributed by atoms with Crippen molar-refractivity contribution >= 4 is 0 Å². The molecule has 21 heavy (non-hydrogen) atoms. The van der Waals surface area contributed by atoms with Gasteiger partial charge in [0.1, 0.15) is 12.4 Å². The van der Waals surface area contributed by atoms with Crippen molar-refractivity contribution in [2.75, 3.05) is 33.0 Å². The van der Waals surface area contributed by atoms with Gasteiger partial charge in [0.05, 0.1) is 19.8 Å². The highest BCUT2D eigenvalue weighted by molar-refractivity contribution is 5.27. The molecule has 120 valence electrons. The summed E-state index contributed by atoms with van der Waals surface area (Å²) in [5.41, 5.74) is 1.39. The van der Waals surface area contributed by atoms with Gasteiger partial charge in [0.2, 0.25) is 0 Å². The molecule has 0 saturated heterocycles. The fraction of sp³-hybridized carbons (Fsp3) is 0.647. The molecule has 0 fully saturated rings. The van der Waals surface area contributed by atoms with Crippen LogP contribution in [0.15, 0.2) is 24.3 Å². The van der Waals surface area contributed by atoms with Crippen molar-refractivity contribution in [1.82, 2.24) is 5.32 Å². The highest BCUT2D eigenvalue weighted by atomic mass is 16.5. The van der Waals surface area contributed by atoms with Gasteiger partial charge >= 0.3 is 0 Å². The first-order chi connectivity index (χ1) is 10.0. The van der Waals surface area contributed by atoms with Crippen LogP contribution in [0.4, 0.5) is 0 Å². The van der Waals surface area contributed by atoms with E-state index < -0.39 is 0 Å². The maximum absolute atomic E-state index is 5.63.